The van der Waals surface area contributed by atoms with E-state index in [2.05, 4.69) is 0 Å². The van der Waals surface area contributed by atoms with Crippen molar-refractivity contribution in [3.8, 4) is 34.4 Å². The van der Waals surface area contributed by atoms with Gasteiger partial charge in [-0.2, -0.15) is 10.5 Å². The van der Waals surface area contributed by atoms with Crippen LogP contribution in [-0.4, -0.2) is 5.78 Å². The number of ketones is 1. The summed E-state index contributed by atoms with van der Waals surface area (Å²) in [6, 6.07) is 44.1. The molecule has 0 aromatic heterocycles. The van der Waals surface area contributed by atoms with Crippen LogP contribution in [0.2, 0.25) is 0 Å². The Morgan fingerprint density at radius 1 is 0.541 bits per heavy atom. The molecule has 9 rings (SSSR count). The summed E-state index contributed by atoms with van der Waals surface area (Å²) in [5.41, 5.74) is 5.03. The number of carbonyl (C=O) groups is 1. The highest BCUT2D eigenvalue weighted by molar-refractivity contribution is 6.15. The molecule has 0 atom stereocenters. The van der Waals surface area contributed by atoms with Crippen molar-refractivity contribution in [3.05, 3.63) is 189 Å². The average Bonchev–Trinajstić information content (AvgIpc) is 3.44. The van der Waals surface area contributed by atoms with Crippen LogP contribution in [0.5, 0.6) is 0 Å². The van der Waals surface area contributed by atoms with Crippen LogP contribution in [0, 0.1) is 50.4 Å². The van der Waals surface area contributed by atoms with E-state index in [0.717, 1.165) is 50.2 Å². The zero-order valence-corrected chi connectivity index (χ0v) is 33.6. The van der Waals surface area contributed by atoms with Gasteiger partial charge in [-0.1, -0.05) is 97.1 Å². The number of para-hydroxylation sites is 1. The van der Waals surface area contributed by atoms with Gasteiger partial charge >= 0.3 is 0 Å². The molecule has 0 saturated heterocycles. The lowest BCUT2D eigenvalue weighted by atomic mass is 9.85. The Morgan fingerprint density at radius 2 is 1.00 bits per heavy atom. The van der Waals surface area contributed by atoms with Crippen LogP contribution in [0.15, 0.2) is 133 Å². The largest absolute Gasteiger partial charge is 0.306 e. The number of alkyl halides is 4. The molecule has 1 heterocycles. The molecular formula is C52H36F4N4O. The van der Waals surface area contributed by atoms with E-state index >= 15 is 17.6 Å². The van der Waals surface area contributed by atoms with Gasteiger partial charge in [0, 0.05) is 16.8 Å². The van der Waals surface area contributed by atoms with E-state index in [1.165, 1.54) is 29.2 Å². The summed E-state index contributed by atoms with van der Waals surface area (Å²) < 4.78 is 65.1. The summed E-state index contributed by atoms with van der Waals surface area (Å²) in [5, 5.41) is 22.1. The van der Waals surface area contributed by atoms with Crippen molar-refractivity contribution in [2.45, 2.75) is 46.0 Å². The fourth-order valence-corrected chi connectivity index (χ4v) is 9.32. The monoisotopic (exact) mass is 808 g/mol. The molecule has 0 N–H and O–H groups in total. The second-order valence-electron chi connectivity index (χ2n) is 15.7. The Bertz CT molecular complexity index is 2910. The first kappa shape index (κ1) is 39.0. The van der Waals surface area contributed by atoms with E-state index in [4.69, 9.17) is 0 Å². The Kier molecular flexibility index (Phi) is 9.18. The normalized spacial score (nSPS) is 14.4. The van der Waals surface area contributed by atoms with Gasteiger partial charge in [-0.05, 0) is 109 Å². The molecule has 7 aromatic carbocycles. The van der Waals surface area contributed by atoms with Crippen molar-refractivity contribution in [1.29, 1.82) is 10.5 Å². The Hall–Kier alpha value is -7.49. The van der Waals surface area contributed by atoms with Crippen molar-refractivity contribution in [2.24, 2.45) is 0 Å². The first-order chi connectivity index (χ1) is 29.3. The van der Waals surface area contributed by atoms with Crippen molar-refractivity contribution in [2.75, 3.05) is 9.80 Å². The molecular weight excluding hydrogens is 773 g/mol. The van der Waals surface area contributed by atoms with E-state index in [-0.39, 0.29) is 11.3 Å². The quantitative estimate of drug-likeness (QED) is 0.124. The van der Waals surface area contributed by atoms with Crippen LogP contribution >= 0.6 is 0 Å². The predicted octanol–water partition coefficient (Wildman–Crippen LogP) is 14.1. The fraction of sp³-hybridized carbons (Fsp3) is 0.135. The minimum atomic E-state index is -4.24. The molecule has 5 nitrogen and oxygen atoms in total. The smallest absolute Gasteiger partial charge is 0.281 e. The van der Waals surface area contributed by atoms with Crippen molar-refractivity contribution in [3.63, 3.8) is 0 Å². The van der Waals surface area contributed by atoms with Gasteiger partial charge in [0.05, 0.1) is 57.1 Å². The Labute approximate surface area is 351 Å². The standard InChI is InChI=1S/C52H36F4N4O/c1-30-13-11-14-31(2)44(30)35-21-23-40-42(25-35)59(37-19-9-6-10-20-37)43-26-36(45-32(3)15-12-16-33(45)4)22-24-41(43)60(40)49-38(27-57)46(50(61)34-17-7-5-8-18-34)48-47(39(49)28-58)51(53,54)29-52(48,55)56/h5-26H,29H2,1-4H3. The third-order valence-corrected chi connectivity index (χ3v) is 11.8. The lowest BCUT2D eigenvalue weighted by Crippen LogP contribution is -2.27. The summed E-state index contributed by atoms with van der Waals surface area (Å²) in [5.74, 6) is -9.50. The molecule has 0 amide bonds. The number of aryl methyl sites for hydroxylation is 4. The molecule has 1 aliphatic heterocycles. The zero-order valence-electron chi connectivity index (χ0n) is 33.6. The number of halogens is 4. The second kappa shape index (κ2) is 14.4. The summed E-state index contributed by atoms with van der Waals surface area (Å²) >= 11 is 0. The number of benzene rings is 7. The van der Waals surface area contributed by atoms with Crippen molar-refractivity contribution in [1.82, 2.24) is 0 Å². The summed E-state index contributed by atoms with van der Waals surface area (Å²) in [7, 11) is 0. The van der Waals surface area contributed by atoms with E-state index in [1.54, 1.807) is 18.2 Å². The second-order valence-corrected chi connectivity index (χ2v) is 15.7. The molecule has 0 bridgehead atoms. The number of nitrogens with zero attached hydrogens (tertiary/aromatic N) is 4. The number of nitriles is 2. The van der Waals surface area contributed by atoms with Gasteiger partial charge in [0.1, 0.15) is 12.1 Å². The van der Waals surface area contributed by atoms with Gasteiger partial charge in [-0.3, -0.25) is 4.79 Å². The van der Waals surface area contributed by atoms with Crippen LogP contribution < -0.4 is 9.80 Å². The number of hydrogen-bond acceptors (Lipinski definition) is 5. The summed E-state index contributed by atoms with van der Waals surface area (Å²) in [4.78, 5) is 18.1. The van der Waals surface area contributed by atoms with E-state index in [1.807, 2.05) is 136 Å². The molecule has 9 heteroatoms. The van der Waals surface area contributed by atoms with Crippen molar-refractivity contribution < 1.29 is 22.4 Å². The lowest BCUT2D eigenvalue weighted by Gasteiger charge is -2.42. The maximum Gasteiger partial charge on any atom is 0.281 e. The Balaban J connectivity index is 1.45. The minimum absolute atomic E-state index is 0.0749. The molecule has 298 valence electrons. The van der Waals surface area contributed by atoms with Crippen molar-refractivity contribution >= 4 is 39.9 Å². The molecule has 1 aliphatic carbocycles. The third kappa shape index (κ3) is 6.07. The van der Waals surface area contributed by atoms with Crippen LogP contribution in [0.3, 0.4) is 0 Å². The first-order valence-corrected chi connectivity index (χ1v) is 19.7. The Morgan fingerprint density at radius 3 is 1.48 bits per heavy atom. The van der Waals surface area contributed by atoms with Crippen LogP contribution in [0.25, 0.3) is 22.3 Å². The highest BCUT2D eigenvalue weighted by Crippen LogP contribution is 2.62. The van der Waals surface area contributed by atoms with Gasteiger partial charge in [-0.15, -0.1) is 0 Å². The van der Waals surface area contributed by atoms with Gasteiger partial charge < -0.3 is 9.80 Å². The van der Waals surface area contributed by atoms with Gasteiger partial charge in [0.2, 0.25) is 0 Å². The summed E-state index contributed by atoms with van der Waals surface area (Å²) in [6.07, 6.45) is -1.96. The van der Waals surface area contributed by atoms with E-state index in [9.17, 15) is 15.3 Å². The maximum absolute atomic E-state index is 16.4. The molecule has 0 radical (unpaired) electrons. The van der Waals surface area contributed by atoms with Gasteiger partial charge in [0.15, 0.2) is 5.78 Å². The highest BCUT2D eigenvalue weighted by Gasteiger charge is 2.60. The number of fused-ring (bicyclic) bond motifs is 3. The molecule has 0 saturated carbocycles. The molecule has 0 unspecified atom stereocenters. The molecule has 2 aliphatic rings. The minimum Gasteiger partial charge on any atom is -0.306 e. The molecule has 61 heavy (non-hydrogen) atoms. The average molecular weight is 809 g/mol. The number of rotatable bonds is 6. The lowest BCUT2D eigenvalue weighted by molar-refractivity contribution is -0.0926. The van der Waals surface area contributed by atoms with Gasteiger partial charge in [-0.25, -0.2) is 17.6 Å². The maximum atomic E-state index is 16.4. The highest BCUT2D eigenvalue weighted by atomic mass is 19.3. The van der Waals surface area contributed by atoms with Gasteiger partial charge in [0.25, 0.3) is 11.8 Å². The predicted molar refractivity (Wildman–Crippen MR) is 231 cm³/mol. The zero-order chi connectivity index (χ0) is 43.0. The molecule has 0 fully saturated rings. The molecule has 0 spiro atoms. The van der Waals surface area contributed by atoms with E-state index < -0.39 is 51.9 Å². The first-order valence-electron chi connectivity index (χ1n) is 19.7. The third-order valence-electron chi connectivity index (χ3n) is 11.8. The van der Waals surface area contributed by atoms with Crippen LogP contribution in [0.1, 0.15) is 66.8 Å². The SMILES string of the molecule is Cc1cccc(C)c1-c1ccc2c(c1)N(c1ccccc1)c1cc(-c3c(C)cccc3C)ccc1N2c1c(C#N)c(C(=O)c2ccccc2)c2c(c1C#N)C(F)(F)CC2(F)F. The summed E-state index contributed by atoms with van der Waals surface area (Å²) in [6.45, 7) is 8.05. The number of hydrogen-bond donors (Lipinski definition) is 0. The van der Waals surface area contributed by atoms with E-state index in [0.29, 0.717) is 22.7 Å². The van der Waals surface area contributed by atoms with Crippen LogP contribution in [0.4, 0.5) is 51.7 Å². The number of anilines is 6. The number of carbonyl (C=O) groups excluding carboxylic acids is 1. The topological polar surface area (TPSA) is 71.1 Å². The fourth-order valence-electron chi connectivity index (χ4n) is 9.32. The van der Waals surface area contributed by atoms with Crippen LogP contribution in [-0.2, 0) is 11.8 Å². The molecule has 7 aromatic rings.